The van der Waals surface area contributed by atoms with E-state index in [4.69, 9.17) is 20.7 Å². The Balaban J connectivity index is 1.42. The van der Waals surface area contributed by atoms with Crippen molar-refractivity contribution in [2.24, 2.45) is 5.73 Å². The molecule has 31 heavy (non-hydrogen) atoms. The van der Waals surface area contributed by atoms with Gasteiger partial charge in [0.1, 0.15) is 5.75 Å². The van der Waals surface area contributed by atoms with Crippen LogP contribution in [0.2, 0.25) is 0 Å². The third kappa shape index (κ3) is 3.79. The van der Waals surface area contributed by atoms with Crippen molar-refractivity contribution in [3.63, 3.8) is 0 Å². The van der Waals surface area contributed by atoms with E-state index in [1.807, 2.05) is 32.0 Å². The fraction of sp³-hybridized carbons (Fsp3) is 0.417. The van der Waals surface area contributed by atoms with Gasteiger partial charge < -0.3 is 20.7 Å². The highest BCUT2D eigenvalue weighted by molar-refractivity contribution is 5.69. The molecule has 1 saturated heterocycles. The summed E-state index contributed by atoms with van der Waals surface area (Å²) in [5.74, 6) is 1.73. The molecule has 0 radical (unpaired) electrons. The molecule has 2 heterocycles. The molecule has 2 aliphatic rings. The van der Waals surface area contributed by atoms with E-state index in [0.717, 1.165) is 43.5 Å². The number of aromatic nitrogens is 2. The zero-order chi connectivity index (χ0) is 21.5. The van der Waals surface area contributed by atoms with Gasteiger partial charge in [0.15, 0.2) is 0 Å². The summed E-state index contributed by atoms with van der Waals surface area (Å²) in [5, 5.41) is 4.28. The van der Waals surface area contributed by atoms with Gasteiger partial charge in [-0.25, -0.2) is 0 Å². The molecule has 1 aromatic heterocycles. The number of nitrogens with zero attached hydrogens (tertiary/aromatic N) is 3. The van der Waals surface area contributed by atoms with Crippen molar-refractivity contribution in [1.29, 1.82) is 0 Å². The number of likely N-dealkylation sites (tertiary alicyclic amines) is 1. The number of nitrogens with two attached hydrogens (primary N) is 2. The minimum atomic E-state index is 0.0588. The Morgan fingerprint density at radius 3 is 2.81 bits per heavy atom. The van der Waals surface area contributed by atoms with Crippen LogP contribution in [0.3, 0.4) is 0 Å². The summed E-state index contributed by atoms with van der Waals surface area (Å²) >= 11 is 0. The van der Waals surface area contributed by atoms with Crippen LogP contribution < -0.4 is 16.2 Å². The van der Waals surface area contributed by atoms with Gasteiger partial charge in [0.05, 0.1) is 11.8 Å². The molecular formula is C24H29N5O2. The van der Waals surface area contributed by atoms with Crippen LogP contribution >= 0.6 is 0 Å². The molecular weight excluding hydrogens is 390 g/mol. The summed E-state index contributed by atoms with van der Waals surface area (Å²) in [5.41, 5.74) is 17.4. The number of hydrogen-bond acceptors (Lipinski definition) is 7. The molecule has 7 nitrogen and oxygen atoms in total. The van der Waals surface area contributed by atoms with Crippen molar-refractivity contribution in [1.82, 2.24) is 15.0 Å². The Labute approximate surface area is 182 Å². The number of rotatable bonds is 5. The van der Waals surface area contributed by atoms with Crippen LogP contribution in [0.25, 0.3) is 22.8 Å². The maximum Gasteiger partial charge on any atom is 0.258 e. The minimum Gasteiger partial charge on any atom is -0.489 e. The molecule has 0 bridgehead atoms. The second kappa shape index (κ2) is 7.98. The van der Waals surface area contributed by atoms with Crippen LogP contribution in [0.15, 0.2) is 40.9 Å². The van der Waals surface area contributed by atoms with Crippen LogP contribution in [0.4, 0.5) is 5.69 Å². The van der Waals surface area contributed by atoms with Crippen LogP contribution in [-0.4, -0.2) is 40.3 Å². The van der Waals surface area contributed by atoms with Gasteiger partial charge in [-0.1, -0.05) is 23.4 Å². The van der Waals surface area contributed by atoms with Gasteiger partial charge in [-0.15, -0.1) is 0 Å². The van der Waals surface area contributed by atoms with Gasteiger partial charge in [0.25, 0.3) is 5.89 Å². The van der Waals surface area contributed by atoms with Gasteiger partial charge >= 0.3 is 0 Å². The summed E-state index contributed by atoms with van der Waals surface area (Å²) < 4.78 is 11.3. The third-order valence-corrected chi connectivity index (χ3v) is 6.22. The quantitative estimate of drug-likeness (QED) is 0.606. The van der Waals surface area contributed by atoms with E-state index >= 15 is 0 Å². The standard InChI is InChI=1S/C24H29N5O2/c1-14(2)30-22-9-6-15(12-20(22)26)24-27-23(28-31-24)19-5-3-4-18-17(19)7-8-21(18)29-11-10-16(25)13-29/h3-6,9,12,14,16,21H,7-8,10-11,13,25-26H2,1-2H3/t16-,21?/m1/s1. The molecule has 1 aliphatic carbocycles. The number of nitrogen functional groups attached to an aromatic ring is 1. The SMILES string of the molecule is CC(C)Oc1ccc(-c2nc(-c3cccc4c3CCC4N3CC[C@@H](N)C3)no2)cc1N. The van der Waals surface area contributed by atoms with Crippen LogP contribution in [0, 0.1) is 0 Å². The lowest BCUT2D eigenvalue weighted by Crippen LogP contribution is -2.29. The predicted molar refractivity (Wildman–Crippen MR) is 121 cm³/mol. The van der Waals surface area contributed by atoms with Gasteiger partial charge in [-0.05, 0) is 62.4 Å². The minimum absolute atomic E-state index is 0.0588. The molecule has 1 fully saturated rings. The molecule has 7 heteroatoms. The van der Waals surface area contributed by atoms with Gasteiger partial charge in [0, 0.05) is 36.3 Å². The lowest BCUT2D eigenvalue weighted by molar-refractivity contribution is 0.242. The highest BCUT2D eigenvalue weighted by Crippen LogP contribution is 2.41. The maximum absolute atomic E-state index is 6.16. The van der Waals surface area contributed by atoms with Crippen molar-refractivity contribution < 1.29 is 9.26 Å². The average Bonchev–Trinajstić information content (AvgIpc) is 3.48. The number of benzene rings is 2. The van der Waals surface area contributed by atoms with Crippen molar-refractivity contribution in [2.75, 3.05) is 18.8 Å². The fourth-order valence-corrected chi connectivity index (χ4v) is 4.81. The Bertz CT molecular complexity index is 1090. The second-order valence-electron chi connectivity index (χ2n) is 8.81. The highest BCUT2D eigenvalue weighted by Gasteiger charge is 2.33. The second-order valence-corrected chi connectivity index (χ2v) is 8.81. The number of ether oxygens (including phenoxy) is 1. The fourth-order valence-electron chi connectivity index (χ4n) is 4.81. The first-order chi connectivity index (χ1) is 15.0. The van der Waals surface area contributed by atoms with Gasteiger partial charge in [-0.2, -0.15) is 4.98 Å². The van der Waals surface area contributed by atoms with Gasteiger partial charge in [-0.3, -0.25) is 4.90 Å². The average molecular weight is 420 g/mol. The van der Waals surface area contributed by atoms with E-state index in [9.17, 15) is 0 Å². The van der Waals surface area contributed by atoms with E-state index < -0.39 is 0 Å². The molecule has 0 amide bonds. The van der Waals surface area contributed by atoms with Crippen molar-refractivity contribution >= 4 is 5.69 Å². The molecule has 0 saturated carbocycles. The zero-order valence-corrected chi connectivity index (χ0v) is 18.0. The summed E-state index contributed by atoms with van der Waals surface area (Å²) in [6.07, 6.45) is 3.25. The molecule has 2 aromatic carbocycles. The summed E-state index contributed by atoms with van der Waals surface area (Å²) in [6.45, 7) is 5.98. The van der Waals surface area contributed by atoms with E-state index in [-0.39, 0.29) is 12.1 Å². The predicted octanol–water partition coefficient (Wildman–Crippen LogP) is 3.79. The Morgan fingerprint density at radius 2 is 2.06 bits per heavy atom. The maximum atomic E-state index is 6.16. The normalized spacial score (nSPS) is 21.0. The van der Waals surface area contributed by atoms with E-state index in [2.05, 4.69) is 33.2 Å². The Morgan fingerprint density at radius 1 is 1.19 bits per heavy atom. The molecule has 3 aromatic rings. The first kappa shape index (κ1) is 20.0. The number of anilines is 1. The largest absolute Gasteiger partial charge is 0.489 e. The Hall–Kier alpha value is -2.90. The van der Waals surface area contributed by atoms with Crippen molar-refractivity contribution in [2.45, 2.75) is 51.3 Å². The Kier molecular flexibility index (Phi) is 5.16. The van der Waals surface area contributed by atoms with Crippen molar-refractivity contribution in [3.8, 4) is 28.6 Å². The smallest absolute Gasteiger partial charge is 0.258 e. The topological polar surface area (TPSA) is 103 Å². The van der Waals surface area contributed by atoms with E-state index in [1.54, 1.807) is 0 Å². The first-order valence-electron chi connectivity index (χ1n) is 11.0. The summed E-state index contributed by atoms with van der Waals surface area (Å²) in [4.78, 5) is 7.21. The van der Waals surface area contributed by atoms with Crippen molar-refractivity contribution in [3.05, 3.63) is 47.5 Å². The van der Waals surface area contributed by atoms with Crippen LogP contribution in [0.1, 0.15) is 43.9 Å². The third-order valence-electron chi connectivity index (χ3n) is 6.22. The molecule has 2 atom stereocenters. The van der Waals surface area contributed by atoms with Crippen LogP contribution in [-0.2, 0) is 6.42 Å². The molecule has 5 rings (SSSR count). The first-order valence-corrected chi connectivity index (χ1v) is 11.0. The van der Waals surface area contributed by atoms with E-state index in [1.165, 1.54) is 11.1 Å². The lowest BCUT2D eigenvalue weighted by atomic mass is 10.0. The number of hydrogen-bond donors (Lipinski definition) is 2. The van der Waals surface area contributed by atoms with Crippen LogP contribution in [0.5, 0.6) is 5.75 Å². The highest BCUT2D eigenvalue weighted by atomic mass is 16.5. The van der Waals surface area contributed by atoms with Gasteiger partial charge in [0.2, 0.25) is 5.82 Å². The zero-order valence-electron chi connectivity index (χ0n) is 18.0. The van der Waals surface area contributed by atoms with E-state index in [0.29, 0.717) is 29.2 Å². The summed E-state index contributed by atoms with van der Waals surface area (Å²) in [6, 6.07) is 12.7. The molecule has 4 N–H and O–H groups in total. The molecule has 0 spiro atoms. The molecule has 1 aliphatic heterocycles. The number of fused-ring (bicyclic) bond motifs is 1. The molecule has 162 valence electrons. The lowest BCUT2D eigenvalue weighted by Gasteiger charge is -2.24. The molecule has 1 unspecified atom stereocenters. The summed E-state index contributed by atoms with van der Waals surface area (Å²) in [7, 11) is 0. The monoisotopic (exact) mass is 419 g/mol.